The Morgan fingerprint density at radius 1 is 0.810 bits per heavy atom. The molecule has 0 aliphatic heterocycles. The summed E-state index contributed by atoms with van der Waals surface area (Å²) < 4.78 is 0. The Kier molecular flexibility index (Phi) is 2.51. The Labute approximate surface area is 121 Å². The van der Waals surface area contributed by atoms with Crippen LogP contribution in [0, 0.1) is 13.8 Å². The van der Waals surface area contributed by atoms with Gasteiger partial charge in [0.05, 0.1) is 27.8 Å². The largest absolute Gasteiger partial charge is 0.356 e. The summed E-state index contributed by atoms with van der Waals surface area (Å²) in [6.07, 6.45) is 0. The molecule has 102 valence electrons. The van der Waals surface area contributed by atoms with Crippen LogP contribution in [0.15, 0.2) is 42.5 Å². The standard InChI is InChI=1S/C17H14N4/c1-10-11(2)19-14-9-16-15(8-13(14)18-10)20-17(21-16)12-6-4-3-5-7-12/h3-9,18H,1-2H3. The maximum absolute atomic E-state index is 4.63. The number of hydrogen-bond acceptors (Lipinski definition) is 3. The second-order valence-corrected chi connectivity index (χ2v) is 5.22. The minimum absolute atomic E-state index is 0.759. The fraction of sp³-hybridized carbons (Fsp3) is 0.118. The molecular weight excluding hydrogens is 260 g/mol. The third-order valence-electron chi connectivity index (χ3n) is 3.73. The molecule has 2 heterocycles. The van der Waals surface area contributed by atoms with E-state index in [1.807, 2.05) is 56.3 Å². The van der Waals surface area contributed by atoms with Crippen LogP contribution >= 0.6 is 0 Å². The predicted octanol–water partition coefficient (Wildman–Crippen LogP) is 3.79. The van der Waals surface area contributed by atoms with E-state index in [2.05, 4.69) is 19.9 Å². The number of aryl methyl sites for hydroxylation is 2. The normalized spacial score (nSPS) is 11.3. The van der Waals surface area contributed by atoms with Crippen molar-refractivity contribution >= 4 is 22.1 Å². The van der Waals surface area contributed by atoms with Crippen molar-refractivity contribution < 1.29 is 0 Å². The van der Waals surface area contributed by atoms with Crippen LogP contribution in [0.1, 0.15) is 11.4 Å². The Bertz CT molecular complexity index is 896. The lowest BCUT2D eigenvalue weighted by molar-refractivity contribution is 1.10. The van der Waals surface area contributed by atoms with Crippen molar-refractivity contribution in [3.63, 3.8) is 0 Å². The first kappa shape index (κ1) is 12.0. The monoisotopic (exact) mass is 274 g/mol. The fourth-order valence-corrected chi connectivity index (χ4v) is 2.46. The van der Waals surface area contributed by atoms with E-state index >= 15 is 0 Å². The molecule has 4 rings (SSSR count). The first-order chi connectivity index (χ1) is 10.2. The number of rotatable bonds is 1. The zero-order valence-corrected chi connectivity index (χ0v) is 11.9. The molecule has 21 heavy (non-hydrogen) atoms. The van der Waals surface area contributed by atoms with Gasteiger partial charge in [-0.1, -0.05) is 30.3 Å². The molecule has 1 N–H and O–H groups in total. The smallest absolute Gasteiger partial charge is 0.160 e. The highest BCUT2D eigenvalue weighted by atomic mass is 14.9. The van der Waals surface area contributed by atoms with Crippen LogP contribution in [0.3, 0.4) is 0 Å². The van der Waals surface area contributed by atoms with Crippen LogP contribution < -0.4 is 0 Å². The van der Waals surface area contributed by atoms with Gasteiger partial charge in [0.15, 0.2) is 5.82 Å². The summed E-state index contributed by atoms with van der Waals surface area (Å²) in [6.45, 7) is 4.03. The van der Waals surface area contributed by atoms with Crippen LogP contribution in [0.4, 0.5) is 0 Å². The number of aromatic nitrogens is 4. The molecule has 0 bridgehead atoms. The number of aromatic amines is 1. The van der Waals surface area contributed by atoms with E-state index < -0.39 is 0 Å². The van der Waals surface area contributed by atoms with Crippen molar-refractivity contribution in [2.75, 3.05) is 0 Å². The van der Waals surface area contributed by atoms with E-state index in [9.17, 15) is 0 Å². The van der Waals surface area contributed by atoms with Crippen LogP contribution in [0.2, 0.25) is 0 Å². The molecule has 4 heteroatoms. The summed E-state index contributed by atoms with van der Waals surface area (Å²) in [5.41, 5.74) is 6.79. The molecule has 0 radical (unpaired) electrons. The lowest BCUT2D eigenvalue weighted by atomic mass is 10.2. The highest BCUT2D eigenvalue weighted by molar-refractivity contribution is 5.92. The maximum atomic E-state index is 4.63. The molecule has 4 nitrogen and oxygen atoms in total. The quantitative estimate of drug-likeness (QED) is 0.574. The van der Waals surface area contributed by atoms with E-state index in [1.165, 1.54) is 0 Å². The van der Waals surface area contributed by atoms with Crippen molar-refractivity contribution in [2.45, 2.75) is 13.8 Å². The Morgan fingerprint density at radius 2 is 1.52 bits per heavy atom. The summed E-state index contributed by atoms with van der Waals surface area (Å²) in [5.74, 6) is 0.759. The summed E-state index contributed by atoms with van der Waals surface area (Å²) in [4.78, 5) is 17.2. The second-order valence-electron chi connectivity index (χ2n) is 5.22. The first-order valence-electron chi connectivity index (χ1n) is 6.91. The molecule has 0 spiro atoms. The van der Waals surface area contributed by atoms with Crippen LogP contribution in [-0.4, -0.2) is 19.9 Å². The molecule has 2 aromatic heterocycles. The highest BCUT2D eigenvalue weighted by Crippen LogP contribution is 2.23. The van der Waals surface area contributed by atoms with Gasteiger partial charge in [-0.05, 0) is 26.0 Å². The molecule has 0 aliphatic rings. The molecule has 0 aliphatic carbocycles. The van der Waals surface area contributed by atoms with Crippen molar-refractivity contribution in [2.24, 2.45) is 0 Å². The van der Waals surface area contributed by atoms with Crippen molar-refractivity contribution in [1.82, 2.24) is 19.9 Å². The molecule has 0 saturated heterocycles. The average Bonchev–Trinajstić information content (AvgIpc) is 2.90. The number of imidazole rings is 1. The van der Waals surface area contributed by atoms with E-state index in [-0.39, 0.29) is 0 Å². The van der Waals surface area contributed by atoms with E-state index in [1.54, 1.807) is 0 Å². The molecule has 0 unspecified atom stereocenters. The number of benzene rings is 2. The van der Waals surface area contributed by atoms with Crippen LogP contribution in [-0.2, 0) is 0 Å². The number of nitrogens with one attached hydrogen (secondary N) is 1. The van der Waals surface area contributed by atoms with E-state index in [4.69, 9.17) is 0 Å². The third-order valence-corrected chi connectivity index (χ3v) is 3.73. The Morgan fingerprint density at radius 3 is 2.29 bits per heavy atom. The van der Waals surface area contributed by atoms with Gasteiger partial charge in [-0.3, -0.25) is 0 Å². The molecule has 0 saturated carbocycles. The molecule has 2 aromatic carbocycles. The number of hydrogen-bond donors (Lipinski definition) is 1. The third kappa shape index (κ3) is 1.96. The SMILES string of the molecule is Cc1nc2cc3nc(-c4ccccc4)nc3cc2[nH]c1C. The van der Waals surface area contributed by atoms with Gasteiger partial charge in [-0.25, -0.2) is 15.0 Å². The Balaban J connectivity index is 1.97. The lowest BCUT2D eigenvalue weighted by Crippen LogP contribution is -1.93. The summed E-state index contributed by atoms with van der Waals surface area (Å²) in [7, 11) is 0. The van der Waals surface area contributed by atoms with Gasteiger partial charge in [0.25, 0.3) is 0 Å². The van der Waals surface area contributed by atoms with Gasteiger partial charge in [0, 0.05) is 11.3 Å². The van der Waals surface area contributed by atoms with Crippen LogP contribution in [0.5, 0.6) is 0 Å². The molecule has 0 amide bonds. The number of fused-ring (bicyclic) bond motifs is 2. The van der Waals surface area contributed by atoms with Gasteiger partial charge in [0.1, 0.15) is 0 Å². The topological polar surface area (TPSA) is 54.5 Å². The average molecular weight is 274 g/mol. The maximum Gasteiger partial charge on any atom is 0.160 e. The molecule has 0 fully saturated rings. The summed E-state index contributed by atoms with van der Waals surface area (Å²) in [6, 6.07) is 14.0. The lowest BCUT2D eigenvalue weighted by Gasteiger charge is -2.03. The van der Waals surface area contributed by atoms with Crippen molar-refractivity contribution in [3.8, 4) is 11.4 Å². The first-order valence-corrected chi connectivity index (χ1v) is 6.91. The van der Waals surface area contributed by atoms with E-state index in [0.717, 1.165) is 44.8 Å². The molecule has 0 atom stereocenters. The van der Waals surface area contributed by atoms with Gasteiger partial charge in [0.2, 0.25) is 0 Å². The zero-order valence-electron chi connectivity index (χ0n) is 11.9. The minimum Gasteiger partial charge on any atom is -0.356 e. The second kappa shape index (κ2) is 4.38. The number of nitrogens with zero attached hydrogens (tertiary/aromatic N) is 3. The van der Waals surface area contributed by atoms with Crippen molar-refractivity contribution in [1.29, 1.82) is 0 Å². The van der Waals surface area contributed by atoms with Crippen LogP contribution in [0.25, 0.3) is 33.5 Å². The summed E-state index contributed by atoms with van der Waals surface area (Å²) in [5, 5.41) is 0. The zero-order chi connectivity index (χ0) is 14.4. The van der Waals surface area contributed by atoms with Gasteiger partial charge in [-0.15, -0.1) is 0 Å². The predicted molar refractivity (Wildman–Crippen MR) is 84.1 cm³/mol. The fourth-order valence-electron chi connectivity index (χ4n) is 2.46. The van der Waals surface area contributed by atoms with Gasteiger partial charge in [-0.2, -0.15) is 0 Å². The number of H-pyrrole nitrogens is 1. The minimum atomic E-state index is 0.759. The van der Waals surface area contributed by atoms with E-state index in [0.29, 0.717) is 0 Å². The molecular formula is C17H14N4. The molecule has 4 aromatic rings. The van der Waals surface area contributed by atoms with Gasteiger partial charge >= 0.3 is 0 Å². The van der Waals surface area contributed by atoms with Crippen molar-refractivity contribution in [3.05, 3.63) is 53.9 Å². The highest BCUT2D eigenvalue weighted by Gasteiger charge is 2.09. The van der Waals surface area contributed by atoms with Gasteiger partial charge < -0.3 is 4.98 Å². The Hall–Kier alpha value is -2.75. The summed E-state index contributed by atoms with van der Waals surface area (Å²) >= 11 is 0.